The zero-order valence-corrected chi connectivity index (χ0v) is 15.9. The van der Waals surface area contributed by atoms with E-state index in [0.717, 1.165) is 10.2 Å². The highest BCUT2D eigenvalue weighted by molar-refractivity contribution is 7.16. The number of aliphatic hydroxyl groups is 1. The number of pyridine rings is 1. The summed E-state index contributed by atoms with van der Waals surface area (Å²) in [6, 6.07) is 8.76. The Bertz CT molecular complexity index is 1230. The average Bonchev–Trinajstić information content (AvgIpc) is 3.47. The molecule has 0 bridgehead atoms. The normalized spacial score (nSPS) is 26.4. The number of aromatic nitrogens is 3. The van der Waals surface area contributed by atoms with Crippen molar-refractivity contribution in [3.05, 3.63) is 41.7 Å². The number of benzene rings is 1. The van der Waals surface area contributed by atoms with Crippen LogP contribution in [-0.2, 0) is 9.47 Å². The molecule has 0 spiro atoms. The second-order valence-electron chi connectivity index (χ2n) is 7.24. The number of thiazole rings is 1. The molecule has 7 nitrogen and oxygen atoms in total. The summed E-state index contributed by atoms with van der Waals surface area (Å²) in [5, 5.41) is 9.85. The minimum absolute atomic E-state index is 0.237. The number of fused-ring (bicyclic) bond motifs is 3. The Labute approximate surface area is 168 Å². The van der Waals surface area contributed by atoms with E-state index in [9.17, 15) is 9.50 Å². The Kier molecular flexibility index (Phi) is 3.85. The molecule has 1 unspecified atom stereocenters. The van der Waals surface area contributed by atoms with Crippen molar-refractivity contribution >= 4 is 32.6 Å². The van der Waals surface area contributed by atoms with Crippen molar-refractivity contribution in [3.63, 3.8) is 0 Å². The lowest BCUT2D eigenvalue weighted by Crippen LogP contribution is -2.34. The Balaban J connectivity index is 1.32. The van der Waals surface area contributed by atoms with Crippen LogP contribution in [0.25, 0.3) is 32.5 Å². The molecule has 2 N–H and O–H groups in total. The lowest BCUT2D eigenvalue weighted by Gasteiger charge is -2.16. The van der Waals surface area contributed by atoms with Crippen LogP contribution in [0, 0.1) is 5.82 Å². The van der Waals surface area contributed by atoms with Crippen molar-refractivity contribution in [2.24, 2.45) is 0 Å². The molecule has 6 rings (SSSR count). The van der Waals surface area contributed by atoms with Crippen LogP contribution >= 0.6 is 11.3 Å². The highest BCUT2D eigenvalue weighted by Crippen LogP contribution is 2.32. The van der Waals surface area contributed by atoms with Crippen LogP contribution in [0.1, 0.15) is 0 Å². The number of nitrogens with zero attached hydrogens (tertiary/aromatic N) is 2. The molecule has 3 aromatic heterocycles. The standard InChI is InChI=1S/C20H16FN3O4S/c21-10-4-11-12(24-18(10)9-1-2-16-13(3-9)22-8-29-16)5-17(23-11)28-15-7-27-19-14(25)6-26-20(15)19/h1-5,8,14-15,19-20,23,25H,6-7H2/t14-,15-,19?,20-/m1/s1. The van der Waals surface area contributed by atoms with Gasteiger partial charge in [0.25, 0.3) is 0 Å². The van der Waals surface area contributed by atoms with Crippen molar-refractivity contribution in [1.82, 2.24) is 15.0 Å². The molecule has 2 aliphatic rings. The Morgan fingerprint density at radius 1 is 1.14 bits per heavy atom. The fraction of sp³-hybridized carbons (Fsp3) is 0.300. The zero-order valence-electron chi connectivity index (χ0n) is 15.0. The lowest BCUT2D eigenvalue weighted by atomic mass is 10.1. The predicted molar refractivity (Wildman–Crippen MR) is 105 cm³/mol. The summed E-state index contributed by atoms with van der Waals surface area (Å²) in [5.41, 5.74) is 4.66. The molecule has 2 aliphatic heterocycles. The second-order valence-corrected chi connectivity index (χ2v) is 8.13. The molecular weight excluding hydrogens is 397 g/mol. The summed E-state index contributed by atoms with van der Waals surface area (Å²) in [6.07, 6.45) is -1.67. The molecule has 29 heavy (non-hydrogen) atoms. The molecule has 4 atom stereocenters. The third kappa shape index (κ3) is 2.81. The molecule has 4 aromatic rings. The van der Waals surface area contributed by atoms with Crippen LogP contribution in [-0.4, -0.2) is 57.7 Å². The number of hydrogen-bond donors (Lipinski definition) is 2. The smallest absolute Gasteiger partial charge is 0.193 e. The largest absolute Gasteiger partial charge is 0.470 e. The fourth-order valence-electron chi connectivity index (χ4n) is 3.99. The SMILES string of the molecule is O[C@@H]1CO[C@H]2C1OC[C@H]2Oc1cc2nc(-c3ccc4scnc4c3)c(F)cc2[nH]1. The molecule has 0 amide bonds. The van der Waals surface area contributed by atoms with Crippen LogP contribution in [0.4, 0.5) is 4.39 Å². The maximum absolute atomic E-state index is 14.8. The number of aliphatic hydroxyl groups excluding tert-OH is 1. The van der Waals surface area contributed by atoms with E-state index < -0.39 is 11.9 Å². The quantitative estimate of drug-likeness (QED) is 0.537. The first-order valence-electron chi connectivity index (χ1n) is 9.26. The summed E-state index contributed by atoms with van der Waals surface area (Å²) >= 11 is 1.54. The highest BCUT2D eigenvalue weighted by atomic mass is 32.1. The van der Waals surface area contributed by atoms with Gasteiger partial charge in [0.2, 0.25) is 0 Å². The number of hydrogen-bond acceptors (Lipinski definition) is 7. The fourth-order valence-corrected chi connectivity index (χ4v) is 4.64. The van der Waals surface area contributed by atoms with Crippen LogP contribution in [0.5, 0.6) is 5.88 Å². The van der Waals surface area contributed by atoms with Gasteiger partial charge < -0.3 is 24.3 Å². The number of nitrogens with one attached hydrogen (secondary N) is 1. The van der Waals surface area contributed by atoms with Crippen molar-refractivity contribution in [1.29, 1.82) is 0 Å². The molecule has 148 valence electrons. The molecule has 2 fully saturated rings. The minimum Gasteiger partial charge on any atom is -0.470 e. The van der Waals surface area contributed by atoms with E-state index in [1.807, 2.05) is 18.2 Å². The Morgan fingerprint density at radius 3 is 2.97 bits per heavy atom. The van der Waals surface area contributed by atoms with Crippen LogP contribution in [0.2, 0.25) is 0 Å². The summed E-state index contributed by atoms with van der Waals surface area (Å²) in [4.78, 5) is 11.8. The number of halogens is 1. The monoisotopic (exact) mass is 413 g/mol. The van der Waals surface area contributed by atoms with Gasteiger partial charge in [0.05, 0.1) is 40.0 Å². The summed E-state index contributed by atoms with van der Waals surface area (Å²) in [7, 11) is 0. The van der Waals surface area contributed by atoms with Gasteiger partial charge in [0, 0.05) is 17.7 Å². The van der Waals surface area contributed by atoms with E-state index in [-0.39, 0.29) is 30.6 Å². The van der Waals surface area contributed by atoms with Crippen molar-refractivity contribution in [3.8, 4) is 17.1 Å². The minimum atomic E-state index is -0.635. The maximum atomic E-state index is 14.8. The van der Waals surface area contributed by atoms with E-state index in [1.165, 1.54) is 6.07 Å². The van der Waals surface area contributed by atoms with Crippen molar-refractivity contribution in [2.75, 3.05) is 13.2 Å². The number of aromatic amines is 1. The lowest BCUT2D eigenvalue weighted by molar-refractivity contribution is 0.00794. The van der Waals surface area contributed by atoms with Gasteiger partial charge >= 0.3 is 0 Å². The summed E-state index contributed by atoms with van der Waals surface area (Å²) in [6.45, 7) is 0.559. The molecule has 0 saturated carbocycles. The van der Waals surface area contributed by atoms with Gasteiger partial charge in [-0.3, -0.25) is 0 Å². The van der Waals surface area contributed by atoms with Gasteiger partial charge in [-0.25, -0.2) is 14.4 Å². The van der Waals surface area contributed by atoms with Gasteiger partial charge in [0.15, 0.2) is 17.8 Å². The molecular formula is C20H16FN3O4S. The highest BCUT2D eigenvalue weighted by Gasteiger charge is 2.48. The molecule has 9 heteroatoms. The first-order valence-corrected chi connectivity index (χ1v) is 10.1. The van der Waals surface area contributed by atoms with Crippen LogP contribution < -0.4 is 4.74 Å². The molecule has 1 aromatic carbocycles. The van der Waals surface area contributed by atoms with Gasteiger partial charge in [-0.15, -0.1) is 11.3 Å². The zero-order chi connectivity index (χ0) is 19.5. The molecule has 0 aliphatic carbocycles. The molecule has 2 saturated heterocycles. The molecule has 5 heterocycles. The summed E-state index contributed by atoms with van der Waals surface area (Å²) in [5.74, 6) is 0.0326. The summed E-state index contributed by atoms with van der Waals surface area (Å²) < 4.78 is 32.9. The van der Waals surface area contributed by atoms with Crippen molar-refractivity contribution < 1.29 is 23.7 Å². The van der Waals surface area contributed by atoms with Crippen LogP contribution in [0.15, 0.2) is 35.8 Å². The number of ether oxygens (including phenoxy) is 3. The third-order valence-corrected chi connectivity index (χ3v) is 6.21. The van der Waals surface area contributed by atoms with E-state index in [0.29, 0.717) is 29.1 Å². The first kappa shape index (κ1) is 17.3. The first-order chi connectivity index (χ1) is 14.2. The number of H-pyrrole nitrogens is 1. The van der Waals surface area contributed by atoms with E-state index in [2.05, 4.69) is 15.0 Å². The average molecular weight is 413 g/mol. The van der Waals surface area contributed by atoms with Crippen LogP contribution in [0.3, 0.4) is 0 Å². The van der Waals surface area contributed by atoms with Gasteiger partial charge in [-0.2, -0.15) is 0 Å². The van der Waals surface area contributed by atoms with E-state index in [4.69, 9.17) is 14.2 Å². The topological polar surface area (TPSA) is 89.5 Å². The van der Waals surface area contributed by atoms with Gasteiger partial charge in [-0.1, -0.05) is 6.07 Å². The third-order valence-electron chi connectivity index (χ3n) is 5.40. The maximum Gasteiger partial charge on any atom is 0.193 e. The number of rotatable bonds is 3. The Hall–Kier alpha value is -2.59. The van der Waals surface area contributed by atoms with E-state index >= 15 is 0 Å². The Morgan fingerprint density at radius 2 is 2.03 bits per heavy atom. The molecule has 0 radical (unpaired) electrons. The van der Waals surface area contributed by atoms with Gasteiger partial charge in [-0.05, 0) is 12.1 Å². The second kappa shape index (κ2) is 6.46. The van der Waals surface area contributed by atoms with E-state index in [1.54, 1.807) is 22.9 Å². The van der Waals surface area contributed by atoms with Gasteiger partial charge in [0.1, 0.15) is 24.0 Å². The predicted octanol–water partition coefficient (Wildman–Crippen LogP) is 2.88. The van der Waals surface area contributed by atoms with Crippen molar-refractivity contribution in [2.45, 2.75) is 24.4 Å².